The van der Waals surface area contributed by atoms with Crippen molar-refractivity contribution in [2.45, 2.75) is 6.92 Å². The van der Waals surface area contributed by atoms with Gasteiger partial charge in [0.15, 0.2) is 11.6 Å². The lowest BCUT2D eigenvalue weighted by Crippen LogP contribution is -1.93. The van der Waals surface area contributed by atoms with E-state index in [1.807, 2.05) is 19.1 Å². The molecule has 0 aliphatic rings. The Kier molecular flexibility index (Phi) is 3.94. The Bertz CT molecular complexity index is 806. The van der Waals surface area contributed by atoms with Crippen LogP contribution >= 0.6 is 11.3 Å². The SMILES string of the molecule is COc1ccc(-c2ccc(-c3ccc(C)s3)c(F)c2F)cc1. The fraction of sp³-hybridized carbons (Fsp3) is 0.111. The van der Waals surface area contributed by atoms with Crippen molar-refractivity contribution in [3.8, 4) is 27.3 Å². The molecular weight excluding hydrogens is 302 g/mol. The number of thiophene rings is 1. The number of rotatable bonds is 3. The summed E-state index contributed by atoms with van der Waals surface area (Å²) in [5.41, 5.74) is 1.16. The summed E-state index contributed by atoms with van der Waals surface area (Å²) < 4.78 is 33.9. The van der Waals surface area contributed by atoms with Crippen molar-refractivity contribution >= 4 is 11.3 Å². The number of hydrogen-bond acceptors (Lipinski definition) is 2. The van der Waals surface area contributed by atoms with Crippen LogP contribution < -0.4 is 4.74 Å². The van der Waals surface area contributed by atoms with Gasteiger partial charge in [0.1, 0.15) is 5.75 Å². The largest absolute Gasteiger partial charge is 0.497 e. The highest BCUT2D eigenvalue weighted by atomic mass is 32.1. The molecule has 0 aliphatic heterocycles. The van der Waals surface area contributed by atoms with Crippen LogP contribution in [-0.4, -0.2) is 7.11 Å². The van der Waals surface area contributed by atoms with E-state index in [1.54, 1.807) is 43.5 Å². The lowest BCUT2D eigenvalue weighted by molar-refractivity contribution is 0.415. The molecule has 0 unspecified atom stereocenters. The first kappa shape index (κ1) is 14.7. The molecule has 3 aromatic rings. The Morgan fingerprint density at radius 3 is 2.05 bits per heavy atom. The summed E-state index contributed by atoms with van der Waals surface area (Å²) in [6.45, 7) is 1.94. The van der Waals surface area contributed by atoms with Crippen LogP contribution in [0.1, 0.15) is 4.88 Å². The van der Waals surface area contributed by atoms with E-state index in [2.05, 4.69) is 0 Å². The normalized spacial score (nSPS) is 10.7. The molecule has 3 rings (SSSR count). The van der Waals surface area contributed by atoms with E-state index in [0.717, 1.165) is 9.75 Å². The predicted molar refractivity (Wildman–Crippen MR) is 86.4 cm³/mol. The number of methoxy groups -OCH3 is 1. The minimum Gasteiger partial charge on any atom is -0.497 e. The van der Waals surface area contributed by atoms with Gasteiger partial charge in [0.25, 0.3) is 0 Å². The molecule has 0 amide bonds. The zero-order valence-corrected chi connectivity index (χ0v) is 13.0. The van der Waals surface area contributed by atoms with Crippen LogP contribution in [0, 0.1) is 18.6 Å². The van der Waals surface area contributed by atoms with Gasteiger partial charge in [0.2, 0.25) is 0 Å². The Hall–Kier alpha value is -2.20. The summed E-state index contributed by atoms with van der Waals surface area (Å²) in [6, 6.07) is 13.8. The standard InChI is InChI=1S/C18H14F2OS/c1-11-3-10-16(22-11)15-9-8-14(17(19)18(15)20)12-4-6-13(21-2)7-5-12/h3-10H,1-2H3. The molecule has 1 heterocycles. The number of ether oxygens (including phenoxy) is 1. The molecule has 22 heavy (non-hydrogen) atoms. The summed E-state index contributed by atoms with van der Waals surface area (Å²) in [5, 5.41) is 0. The molecule has 0 bridgehead atoms. The van der Waals surface area contributed by atoms with Gasteiger partial charge in [-0.1, -0.05) is 18.2 Å². The molecule has 112 valence electrons. The van der Waals surface area contributed by atoms with Crippen molar-refractivity contribution in [2.75, 3.05) is 7.11 Å². The van der Waals surface area contributed by atoms with Crippen molar-refractivity contribution in [3.05, 3.63) is 65.0 Å². The third kappa shape index (κ3) is 2.62. The van der Waals surface area contributed by atoms with E-state index in [1.165, 1.54) is 11.3 Å². The summed E-state index contributed by atoms with van der Waals surface area (Å²) >= 11 is 1.45. The molecule has 0 saturated carbocycles. The van der Waals surface area contributed by atoms with Gasteiger partial charge in [0, 0.05) is 20.9 Å². The van der Waals surface area contributed by atoms with E-state index in [-0.39, 0.29) is 5.56 Å². The van der Waals surface area contributed by atoms with Crippen molar-refractivity contribution in [3.63, 3.8) is 0 Å². The van der Waals surface area contributed by atoms with Crippen LogP contribution in [-0.2, 0) is 0 Å². The zero-order chi connectivity index (χ0) is 15.7. The van der Waals surface area contributed by atoms with Gasteiger partial charge in [-0.05, 0) is 42.8 Å². The molecule has 4 heteroatoms. The van der Waals surface area contributed by atoms with Gasteiger partial charge >= 0.3 is 0 Å². The highest BCUT2D eigenvalue weighted by Crippen LogP contribution is 2.34. The molecule has 0 radical (unpaired) electrons. The molecule has 0 aliphatic carbocycles. The maximum absolute atomic E-state index is 14.4. The van der Waals surface area contributed by atoms with E-state index < -0.39 is 11.6 Å². The van der Waals surface area contributed by atoms with Crippen LogP contribution in [0.3, 0.4) is 0 Å². The molecule has 2 aromatic carbocycles. The van der Waals surface area contributed by atoms with Crippen LogP contribution in [0.4, 0.5) is 8.78 Å². The molecule has 0 atom stereocenters. The highest BCUT2D eigenvalue weighted by molar-refractivity contribution is 7.15. The van der Waals surface area contributed by atoms with Gasteiger partial charge in [-0.3, -0.25) is 0 Å². The summed E-state index contributed by atoms with van der Waals surface area (Å²) in [4.78, 5) is 1.80. The highest BCUT2D eigenvalue weighted by Gasteiger charge is 2.16. The molecule has 0 N–H and O–H groups in total. The third-order valence-electron chi connectivity index (χ3n) is 3.49. The lowest BCUT2D eigenvalue weighted by atomic mass is 10.0. The van der Waals surface area contributed by atoms with Crippen LogP contribution in [0.25, 0.3) is 21.6 Å². The second-order valence-corrected chi connectivity index (χ2v) is 6.22. The maximum atomic E-state index is 14.4. The minimum absolute atomic E-state index is 0.247. The first-order valence-corrected chi connectivity index (χ1v) is 7.61. The van der Waals surface area contributed by atoms with E-state index in [4.69, 9.17) is 4.74 Å². The average Bonchev–Trinajstić information content (AvgIpc) is 2.96. The Morgan fingerprint density at radius 1 is 0.818 bits per heavy atom. The molecule has 1 nitrogen and oxygen atoms in total. The Morgan fingerprint density at radius 2 is 1.45 bits per heavy atom. The second kappa shape index (κ2) is 5.89. The van der Waals surface area contributed by atoms with Crippen molar-refractivity contribution in [2.24, 2.45) is 0 Å². The van der Waals surface area contributed by atoms with Crippen molar-refractivity contribution in [1.29, 1.82) is 0 Å². The van der Waals surface area contributed by atoms with E-state index in [0.29, 0.717) is 16.9 Å². The maximum Gasteiger partial charge on any atom is 0.168 e. The van der Waals surface area contributed by atoms with Crippen molar-refractivity contribution < 1.29 is 13.5 Å². The number of benzene rings is 2. The van der Waals surface area contributed by atoms with Crippen LogP contribution in [0.5, 0.6) is 5.75 Å². The van der Waals surface area contributed by atoms with Crippen LogP contribution in [0.15, 0.2) is 48.5 Å². The Labute approximate surface area is 131 Å². The second-order valence-electron chi connectivity index (χ2n) is 4.93. The average molecular weight is 316 g/mol. The van der Waals surface area contributed by atoms with Gasteiger partial charge < -0.3 is 4.74 Å². The van der Waals surface area contributed by atoms with Gasteiger partial charge in [-0.15, -0.1) is 11.3 Å². The first-order valence-electron chi connectivity index (χ1n) is 6.79. The van der Waals surface area contributed by atoms with Gasteiger partial charge in [0.05, 0.1) is 7.11 Å². The minimum atomic E-state index is -0.825. The molecule has 0 spiro atoms. The van der Waals surface area contributed by atoms with Gasteiger partial charge in [-0.2, -0.15) is 0 Å². The van der Waals surface area contributed by atoms with E-state index >= 15 is 0 Å². The fourth-order valence-corrected chi connectivity index (χ4v) is 3.20. The van der Waals surface area contributed by atoms with E-state index in [9.17, 15) is 8.78 Å². The summed E-state index contributed by atoms with van der Waals surface area (Å²) in [7, 11) is 1.56. The smallest absolute Gasteiger partial charge is 0.168 e. The topological polar surface area (TPSA) is 9.23 Å². The molecule has 0 fully saturated rings. The lowest BCUT2D eigenvalue weighted by Gasteiger charge is -2.08. The monoisotopic (exact) mass is 316 g/mol. The quantitative estimate of drug-likeness (QED) is 0.604. The van der Waals surface area contributed by atoms with Crippen LogP contribution in [0.2, 0.25) is 0 Å². The van der Waals surface area contributed by atoms with Gasteiger partial charge in [-0.25, -0.2) is 8.78 Å². The first-order chi connectivity index (χ1) is 10.6. The molecule has 0 saturated heterocycles. The number of halogens is 2. The third-order valence-corrected chi connectivity index (χ3v) is 4.52. The predicted octanol–water partition coefficient (Wildman–Crippen LogP) is 5.68. The summed E-state index contributed by atoms with van der Waals surface area (Å²) in [6.07, 6.45) is 0. The Balaban J connectivity index is 2.05. The number of aryl methyl sites for hydroxylation is 1. The molecule has 1 aromatic heterocycles. The van der Waals surface area contributed by atoms with Crippen molar-refractivity contribution in [1.82, 2.24) is 0 Å². The number of hydrogen-bond donors (Lipinski definition) is 0. The molecular formula is C18H14F2OS. The zero-order valence-electron chi connectivity index (χ0n) is 12.2. The summed E-state index contributed by atoms with van der Waals surface area (Å²) in [5.74, 6) is -0.959. The fourth-order valence-electron chi connectivity index (χ4n) is 2.31.